The molecule has 6 nitrogen and oxygen atoms in total. The van der Waals surface area contributed by atoms with Crippen molar-refractivity contribution in [2.45, 2.75) is 13.1 Å². The van der Waals surface area contributed by atoms with Crippen molar-refractivity contribution in [2.24, 2.45) is 0 Å². The van der Waals surface area contributed by atoms with Gasteiger partial charge < -0.3 is 10.1 Å². The van der Waals surface area contributed by atoms with Gasteiger partial charge >= 0.3 is 0 Å². The number of carbonyl (C=O) groups is 1. The topological polar surface area (TPSA) is 73.2 Å². The van der Waals surface area contributed by atoms with Gasteiger partial charge in [-0.25, -0.2) is 4.68 Å². The standard InChI is InChI=1S/C24H21N3O3/c1-30-21-10-9-19-13-18(7-8-20(19)14-21)15-25-24(29)22-11-12-23(28)27(26-22)16-17-5-3-2-4-6-17/h2-14H,15-16H2,1H3,(H,25,29). The van der Waals surface area contributed by atoms with Gasteiger partial charge in [-0.2, -0.15) is 5.10 Å². The third kappa shape index (κ3) is 4.38. The van der Waals surface area contributed by atoms with Gasteiger partial charge in [0.1, 0.15) is 11.4 Å². The molecule has 0 saturated heterocycles. The average molecular weight is 399 g/mol. The molecule has 30 heavy (non-hydrogen) atoms. The van der Waals surface area contributed by atoms with Crippen molar-refractivity contribution in [1.29, 1.82) is 0 Å². The summed E-state index contributed by atoms with van der Waals surface area (Å²) in [6.07, 6.45) is 0. The van der Waals surface area contributed by atoms with Crippen LogP contribution in [0.15, 0.2) is 83.7 Å². The SMILES string of the molecule is COc1ccc2cc(CNC(=O)c3ccc(=O)n(Cc4ccccc4)n3)ccc2c1. The fourth-order valence-electron chi connectivity index (χ4n) is 3.22. The number of hydrogen-bond acceptors (Lipinski definition) is 4. The number of hydrogen-bond donors (Lipinski definition) is 1. The summed E-state index contributed by atoms with van der Waals surface area (Å²) in [5.41, 5.74) is 1.87. The predicted molar refractivity (Wildman–Crippen MR) is 116 cm³/mol. The van der Waals surface area contributed by atoms with Gasteiger partial charge in [0.25, 0.3) is 11.5 Å². The van der Waals surface area contributed by atoms with E-state index in [-0.39, 0.29) is 17.2 Å². The van der Waals surface area contributed by atoms with Gasteiger partial charge in [0.15, 0.2) is 0 Å². The number of carbonyl (C=O) groups excluding carboxylic acids is 1. The zero-order valence-electron chi connectivity index (χ0n) is 16.5. The Morgan fingerprint density at radius 3 is 2.50 bits per heavy atom. The highest BCUT2D eigenvalue weighted by Gasteiger charge is 2.10. The van der Waals surface area contributed by atoms with Gasteiger partial charge in [0.2, 0.25) is 0 Å². The first-order valence-electron chi connectivity index (χ1n) is 9.59. The Morgan fingerprint density at radius 1 is 0.933 bits per heavy atom. The minimum absolute atomic E-state index is 0.205. The van der Waals surface area contributed by atoms with Gasteiger partial charge in [-0.3, -0.25) is 9.59 Å². The van der Waals surface area contributed by atoms with E-state index in [4.69, 9.17) is 4.74 Å². The molecule has 3 aromatic carbocycles. The Hall–Kier alpha value is -3.93. The summed E-state index contributed by atoms with van der Waals surface area (Å²) >= 11 is 0. The first-order chi connectivity index (χ1) is 14.6. The van der Waals surface area contributed by atoms with Crippen LogP contribution >= 0.6 is 0 Å². The lowest BCUT2D eigenvalue weighted by molar-refractivity contribution is 0.0943. The summed E-state index contributed by atoms with van der Waals surface area (Å²) < 4.78 is 6.55. The smallest absolute Gasteiger partial charge is 0.271 e. The molecule has 0 atom stereocenters. The second-order valence-electron chi connectivity index (χ2n) is 6.93. The number of methoxy groups -OCH3 is 1. The van der Waals surface area contributed by atoms with Crippen molar-refractivity contribution in [3.8, 4) is 5.75 Å². The third-order valence-electron chi connectivity index (χ3n) is 4.84. The molecule has 150 valence electrons. The van der Waals surface area contributed by atoms with Gasteiger partial charge in [0.05, 0.1) is 13.7 Å². The molecule has 0 fully saturated rings. The predicted octanol–water partition coefficient (Wildman–Crippen LogP) is 3.38. The molecule has 1 N–H and O–H groups in total. The maximum atomic E-state index is 12.6. The van der Waals surface area contributed by atoms with E-state index in [9.17, 15) is 9.59 Å². The quantitative estimate of drug-likeness (QED) is 0.539. The first-order valence-corrected chi connectivity index (χ1v) is 9.59. The number of ether oxygens (including phenoxy) is 1. The van der Waals surface area contributed by atoms with E-state index in [0.29, 0.717) is 13.1 Å². The fourth-order valence-corrected chi connectivity index (χ4v) is 3.22. The molecule has 0 saturated carbocycles. The molecule has 6 heteroatoms. The number of nitrogens with one attached hydrogen (secondary N) is 1. The minimum Gasteiger partial charge on any atom is -0.497 e. The number of rotatable bonds is 6. The van der Waals surface area contributed by atoms with Crippen LogP contribution in [0.4, 0.5) is 0 Å². The van der Waals surface area contributed by atoms with Crippen LogP contribution in [-0.2, 0) is 13.1 Å². The average Bonchev–Trinajstić information content (AvgIpc) is 2.79. The van der Waals surface area contributed by atoms with Crippen LogP contribution in [-0.4, -0.2) is 22.8 Å². The van der Waals surface area contributed by atoms with Crippen LogP contribution in [0.1, 0.15) is 21.6 Å². The van der Waals surface area contributed by atoms with Crippen molar-refractivity contribution >= 4 is 16.7 Å². The van der Waals surface area contributed by atoms with Crippen molar-refractivity contribution in [3.05, 3.63) is 106 Å². The second-order valence-corrected chi connectivity index (χ2v) is 6.93. The number of benzene rings is 3. The summed E-state index contributed by atoms with van der Waals surface area (Å²) in [7, 11) is 1.64. The Balaban J connectivity index is 1.47. The lowest BCUT2D eigenvalue weighted by atomic mass is 10.1. The van der Waals surface area contributed by atoms with Crippen LogP contribution in [0, 0.1) is 0 Å². The Labute approximate surface area is 173 Å². The normalized spacial score (nSPS) is 10.7. The molecule has 0 spiro atoms. The van der Waals surface area contributed by atoms with Crippen LogP contribution < -0.4 is 15.6 Å². The van der Waals surface area contributed by atoms with E-state index in [2.05, 4.69) is 10.4 Å². The van der Waals surface area contributed by atoms with Crippen molar-refractivity contribution in [1.82, 2.24) is 15.1 Å². The van der Waals surface area contributed by atoms with Gasteiger partial charge in [0, 0.05) is 12.6 Å². The third-order valence-corrected chi connectivity index (χ3v) is 4.84. The van der Waals surface area contributed by atoms with E-state index in [1.807, 2.05) is 66.7 Å². The lowest BCUT2D eigenvalue weighted by Gasteiger charge is -2.09. The second kappa shape index (κ2) is 8.61. The number of aromatic nitrogens is 2. The molecule has 0 unspecified atom stereocenters. The van der Waals surface area contributed by atoms with Gasteiger partial charge in [-0.05, 0) is 46.2 Å². The number of nitrogens with zero attached hydrogens (tertiary/aromatic N) is 2. The molecule has 1 amide bonds. The van der Waals surface area contributed by atoms with Crippen molar-refractivity contribution < 1.29 is 9.53 Å². The summed E-state index contributed by atoms with van der Waals surface area (Å²) in [5, 5.41) is 9.23. The van der Waals surface area contributed by atoms with E-state index in [1.54, 1.807) is 7.11 Å². The molecular formula is C24H21N3O3. The van der Waals surface area contributed by atoms with Crippen LogP contribution in [0.5, 0.6) is 5.75 Å². The van der Waals surface area contributed by atoms with Gasteiger partial charge in [-0.15, -0.1) is 0 Å². The highest BCUT2D eigenvalue weighted by atomic mass is 16.5. The van der Waals surface area contributed by atoms with E-state index in [0.717, 1.165) is 27.6 Å². The largest absolute Gasteiger partial charge is 0.497 e. The van der Waals surface area contributed by atoms with E-state index >= 15 is 0 Å². The van der Waals surface area contributed by atoms with Crippen LogP contribution in [0.2, 0.25) is 0 Å². The van der Waals surface area contributed by atoms with Crippen molar-refractivity contribution in [3.63, 3.8) is 0 Å². The van der Waals surface area contributed by atoms with Gasteiger partial charge in [-0.1, -0.05) is 48.5 Å². The maximum Gasteiger partial charge on any atom is 0.271 e. The highest BCUT2D eigenvalue weighted by molar-refractivity contribution is 5.92. The van der Waals surface area contributed by atoms with Crippen molar-refractivity contribution in [2.75, 3.05) is 7.11 Å². The minimum atomic E-state index is -0.327. The highest BCUT2D eigenvalue weighted by Crippen LogP contribution is 2.21. The fraction of sp³-hybridized carbons (Fsp3) is 0.125. The van der Waals surface area contributed by atoms with Crippen LogP contribution in [0.25, 0.3) is 10.8 Å². The molecule has 4 rings (SSSR count). The van der Waals surface area contributed by atoms with Crippen LogP contribution in [0.3, 0.4) is 0 Å². The zero-order chi connectivity index (χ0) is 20.9. The zero-order valence-corrected chi connectivity index (χ0v) is 16.5. The lowest BCUT2D eigenvalue weighted by Crippen LogP contribution is -2.29. The molecule has 4 aromatic rings. The van der Waals surface area contributed by atoms with E-state index < -0.39 is 0 Å². The molecular weight excluding hydrogens is 378 g/mol. The molecule has 0 aliphatic carbocycles. The molecule has 1 aromatic heterocycles. The summed E-state index contributed by atoms with van der Waals surface area (Å²) in [6.45, 7) is 0.676. The Bertz CT molecular complexity index is 1250. The maximum absolute atomic E-state index is 12.6. The molecule has 1 heterocycles. The number of fused-ring (bicyclic) bond motifs is 1. The summed E-state index contributed by atoms with van der Waals surface area (Å²) in [6, 6.07) is 24.2. The summed E-state index contributed by atoms with van der Waals surface area (Å²) in [4.78, 5) is 24.7. The van der Waals surface area contributed by atoms with E-state index in [1.165, 1.54) is 16.8 Å². The Morgan fingerprint density at radius 2 is 1.70 bits per heavy atom. The molecule has 0 aliphatic heterocycles. The summed E-state index contributed by atoms with van der Waals surface area (Å²) in [5.74, 6) is 0.479. The Kier molecular flexibility index (Phi) is 5.57. The molecule has 0 radical (unpaired) electrons. The first kappa shape index (κ1) is 19.4. The number of amides is 1. The monoisotopic (exact) mass is 399 g/mol. The molecule has 0 aliphatic rings. The molecule has 0 bridgehead atoms.